The number of rotatable bonds is 15. The standard InChI is InChI=1S/C57H70O8/c1-5-47(46-22-20-45(21-23-46)43-14-10-7-11-15-43)49-25-37(3)53(28-51(49)59)63-34-55(61)65-57-31-39-26-40(32-57)30-56(29-39,35-57)64-54(60)33-62-52-27-50(58)48(24-36(52)2)38(4)41-16-18-44(19-17-41)42-12-8-6-9-13-42/h16-25,27-28,38-40,42-43,47,58-59H,5-15,26,29-35H2,1-4H3. The number of carbonyl (C=O) groups excluding carboxylic acids is 2. The second kappa shape index (κ2) is 19.1. The molecule has 0 saturated heterocycles. The molecule has 0 radical (unpaired) electrons. The zero-order valence-corrected chi connectivity index (χ0v) is 39.2. The minimum absolute atomic E-state index is 0.0144. The maximum Gasteiger partial charge on any atom is 0.344 e. The van der Waals surface area contributed by atoms with Gasteiger partial charge in [0.05, 0.1) is 0 Å². The molecule has 6 saturated carbocycles. The van der Waals surface area contributed by atoms with Crippen LogP contribution in [0, 0.1) is 25.7 Å². The average molecular weight is 883 g/mol. The van der Waals surface area contributed by atoms with E-state index in [1.54, 1.807) is 12.1 Å². The first-order chi connectivity index (χ1) is 31.4. The molecule has 346 valence electrons. The lowest BCUT2D eigenvalue weighted by atomic mass is 9.52. The van der Waals surface area contributed by atoms with Crippen LogP contribution in [0.5, 0.6) is 23.0 Å². The Morgan fingerprint density at radius 2 is 1.05 bits per heavy atom. The van der Waals surface area contributed by atoms with Crippen LogP contribution >= 0.6 is 0 Å². The third-order valence-corrected chi connectivity index (χ3v) is 16.1. The monoisotopic (exact) mass is 883 g/mol. The summed E-state index contributed by atoms with van der Waals surface area (Å²) in [7, 11) is 0. The fourth-order valence-electron chi connectivity index (χ4n) is 13.2. The van der Waals surface area contributed by atoms with E-state index in [0.29, 0.717) is 29.8 Å². The van der Waals surface area contributed by atoms with E-state index < -0.39 is 23.1 Å². The van der Waals surface area contributed by atoms with Crippen molar-refractivity contribution in [3.8, 4) is 23.0 Å². The zero-order chi connectivity index (χ0) is 45.3. The molecule has 4 atom stereocenters. The first-order valence-electron chi connectivity index (χ1n) is 24.9. The van der Waals surface area contributed by atoms with Crippen LogP contribution < -0.4 is 9.47 Å². The van der Waals surface area contributed by atoms with E-state index in [9.17, 15) is 19.8 Å². The number of hydrogen-bond acceptors (Lipinski definition) is 8. The van der Waals surface area contributed by atoms with Crippen molar-refractivity contribution in [2.75, 3.05) is 13.2 Å². The summed E-state index contributed by atoms with van der Waals surface area (Å²) in [5, 5.41) is 22.5. The number of ether oxygens (including phenoxy) is 4. The van der Waals surface area contributed by atoms with Crippen LogP contribution in [0.3, 0.4) is 0 Å². The van der Waals surface area contributed by atoms with Crippen LogP contribution in [0.2, 0.25) is 0 Å². The highest BCUT2D eigenvalue weighted by atomic mass is 16.6. The highest BCUT2D eigenvalue weighted by Crippen LogP contribution is 2.60. The molecule has 65 heavy (non-hydrogen) atoms. The number of phenolic OH excluding ortho intramolecular Hbond substituents is 2. The van der Waals surface area contributed by atoms with Gasteiger partial charge in [0.15, 0.2) is 13.2 Å². The number of aryl methyl sites for hydroxylation is 2. The highest BCUT2D eigenvalue weighted by molar-refractivity contribution is 5.73. The minimum atomic E-state index is -0.724. The summed E-state index contributed by atoms with van der Waals surface area (Å²) in [6.45, 7) is 7.56. The van der Waals surface area contributed by atoms with E-state index in [1.165, 1.54) is 80.9 Å². The molecular formula is C57H70O8. The van der Waals surface area contributed by atoms with Gasteiger partial charge in [-0.15, -0.1) is 0 Å². The summed E-state index contributed by atoms with van der Waals surface area (Å²) in [6.07, 6.45) is 18.3. The quantitative estimate of drug-likeness (QED) is 0.114. The number of esters is 2. The van der Waals surface area contributed by atoms with Crippen LogP contribution in [0.25, 0.3) is 0 Å². The molecule has 6 fully saturated rings. The molecule has 0 heterocycles. The van der Waals surface area contributed by atoms with Gasteiger partial charge in [0.2, 0.25) is 0 Å². The van der Waals surface area contributed by atoms with Gasteiger partial charge in [0.1, 0.15) is 34.2 Å². The lowest BCUT2D eigenvalue weighted by Gasteiger charge is -2.60. The first kappa shape index (κ1) is 45.2. The van der Waals surface area contributed by atoms with Crippen molar-refractivity contribution in [3.63, 3.8) is 0 Å². The van der Waals surface area contributed by atoms with Crippen molar-refractivity contribution in [3.05, 3.63) is 117 Å². The van der Waals surface area contributed by atoms with E-state index in [-0.39, 0.29) is 48.4 Å². The van der Waals surface area contributed by atoms with Crippen molar-refractivity contribution in [1.29, 1.82) is 0 Å². The molecule has 0 aliphatic heterocycles. The summed E-state index contributed by atoms with van der Waals surface area (Å²) >= 11 is 0. The highest BCUT2D eigenvalue weighted by Gasteiger charge is 2.61. The third-order valence-electron chi connectivity index (χ3n) is 16.1. The molecule has 8 nitrogen and oxygen atoms in total. The van der Waals surface area contributed by atoms with Crippen molar-refractivity contribution in [2.24, 2.45) is 11.8 Å². The topological polar surface area (TPSA) is 112 Å². The molecule has 4 unspecified atom stereocenters. The molecule has 0 amide bonds. The van der Waals surface area contributed by atoms with Crippen LogP contribution in [0.1, 0.15) is 191 Å². The van der Waals surface area contributed by atoms with E-state index >= 15 is 0 Å². The molecule has 8 heteroatoms. The molecule has 10 rings (SSSR count). The number of aromatic hydroxyl groups is 2. The van der Waals surface area contributed by atoms with Gasteiger partial charge < -0.3 is 29.2 Å². The molecule has 6 aliphatic carbocycles. The van der Waals surface area contributed by atoms with Gasteiger partial charge in [-0.3, -0.25) is 0 Å². The Balaban J connectivity index is 0.789. The molecule has 0 spiro atoms. The van der Waals surface area contributed by atoms with Crippen molar-refractivity contribution in [2.45, 2.75) is 172 Å². The first-order valence-corrected chi connectivity index (χ1v) is 24.9. The van der Waals surface area contributed by atoms with Crippen molar-refractivity contribution >= 4 is 11.9 Å². The SMILES string of the molecule is CCC(c1ccc(C2CCCCC2)cc1)c1cc(C)c(OCC(=O)OC23CC4CC(CC(OC(=O)COc5cc(O)c(C(C)c6ccc(C7CCCCC7)cc6)cc5C)(C4)C2)C3)cc1O. The van der Waals surface area contributed by atoms with Crippen LogP contribution in [0.15, 0.2) is 72.8 Å². The molecule has 2 N–H and O–H groups in total. The van der Waals surface area contributed by atoms with Gasteiger partial charge >= 0.3 is 11.9 Å². The fraction of sp³-hybridized carbons (Fsp3) is 0.544. The van der Waals surface area contributed by atoms with E-state index in [4.69, 9.17) is 18.9 Å². The summed E-state index contributed by atoms with van der Waals surface area (Å²) < 4.78 is 24.7. The molecule has 6 aliphatic rings. The Morgan fingerprint density at radius 1 is 0.615 bits per heavy atom. The Morgan fingerprint density at radius 3 is 1.51 bits per heavy atom. The summed E-state index contributed by atoms with van der Waals surface area (Å²) in [5.74, 6) is 2.15. The Hall–Kier alpha value is -4.98. The maximum absolute atomic E-state index is 13.6. The Bertz CT molecular complexity index is 2300. The van der Waals surface area contributed by atoms with Gasteiger partial charge in [-0.25, -0.2) is 9.59 Å². The van der Waals surface area contributed by atoms with Gasteiger partial charge in [0, 0.05) is 41.5 Å². The van der Waals surface area contributed by atoms with Gasteiger partial charge in [0.25, 0.3) is 0 Å². The van der Waals surface area contributed by atoms with Gasteiger partial charge in [-0.05, 0) is 147 Å². The summed E-state index contributed by atoms with van der Waals surface area (Å²) in [4.78, 5) is 27.1. The zero-order valence-electron chi connectivity index (χ0n) is 39.2. The van der Waals surface area contributed by atoms with Crippen LogP contribution in [0.4, 0.5) is 0 Å². The molecule has 0 aromatic heterocycles. The van der Waals surface area contributed by atoms with Crippen LogP contribution in [-0.4, -0.2) is 46.6 Å². The van der Waals surface area contributed by atoms with Crippen molar-refractivity contribution < 1.29 is 38.7 Å². The fourth-order valence-corrected chi connectivity index (χ4v) is 13.2. The largest absolute Gasteiger partial charge is 0.508 e. The van der Waals surface area contributed by atoms with Gasteiger partial charge in [-0.2, -0.15) is 0 Å². The molecular weight excluding hydrogens is 813 g/mol. The van der Waals surface area contributed by atoms with E-state index in [2.05, 4.69) is 62.4 Å². The number of carbonyl (C=O) groups is 2. The smallest absolute Gasteiger partial charge is 0.344 e. The second-order valence-corrected chi connectivity index (χ2v) is 20.9. The normalized spacial score (nSPS) is 25.2. The van der Waals surface area contributed by atoms with Crippen LogP contribution in [-0.2, 0) is 19.1 Å². The third kappa shape index (κ3) is 9.93. The average Bonchev–Trinajstić information content (AvgIpc) is 3.30. The number of hydrogen-bond donors (Lipinski definition) is 2. The maximum atomic E-state index is 13.6. The number of phenols is 2. The Kier molecular flexibility index (Phi) is 13.3. The van der Waals surface area contributed by atoms with E-state index in [1.807, 2.05) is 26.0 Å². The lowest BCUT2D eigenvalue weighted by molar-refractivity contribution is -0.232. The van der Waals surface area contributed by atoms with Gasteiger partial charge in [-0.1, -0.05) is 101 Å². The second-order valence-electron chi connectivity index (χ2n) is 20.9. The summed E-state index contributed by atoms with van der Waals surface area (Å²) in [5.41, 5.74) is 7.06. The lowest BCUT2D eigenvalue weighted by Crippen LogP contribution is -2.62. The van der Waals surface area contributed by atoms with E-state index in [0.717, 1.165) is 66.3 Å². The minimum Gasteiger partial charge on any atom is -0.508 e. The van der Waals surface area contributed by atoms with Crippen molar-refractivity contribution in [1.82, 2.24) is 0 Å². The molecule has 4 bridgehead atoms. The Labute approximate surface area is 386 Å². The number of benzene rings is 4. The predicted octanol–water partition coefficient (Wildman–Crippen LogP) is 13.1. The summed E-state index contributed by atoms with van der Waals surface area (Å²) in [6, 6.07) is 25.1. The predicted molar refractivity (Wildman–Crippen MR) is 253 cm³/mol. The molecule has 4 aromatic carbocycles. The molecule has 4 aromatic rings.